The fourth-order valence-corrected chi connectivity index (χ4v) is 2.64. The van der Waals surface area contributed by atoms with E-state index in [1.807, 2.05) is 0 Å². The lowest BCUT2D eigenvalue weighted by atomic mass is 10.2. The maximum Gasteiger partial charge on any atom is 0.255 e. The number of aromatic nitrogens is 1. The molecule has 1 aliphatic rings. The van der Waals surface area contributed by atoms with Gasteiger partial charge in [-0.15, -0.1) is 0 Å². The van der Waals surface area contributed by atoms with Gasteiger partial charge < -0.3 is 15.4 Å². The van der Waals surface area contributed by atoms with Gasteiger partial charge in [-0.05, 0) is 47.7 Å². The normalized spacial score (nSPS) is 17.7. The van der Waals surface area contributed by atoms with E-state index in [2.05, 4.69) is 38.5 Å². The molecular weight excluding hydrogens is 334 g/mol. The van der Waals surface area contributed by atoms with Crippen LogP contribution in [0.25, 0.3) is 0 Å². The fourth-order valence-electron chi connectivity index (χ4n) is 2.31. The molecule has 5 nitrogen and oxygen atoms in total. The smallest absolute Gasteiger partial charge is 0.255 e. The third-order valence-corrected chi connectivity index (χ3v) is 3.85. The van der Waals surface area contributed by atoms with Crippen LogP contribution in [0.4, 0.5) is 5.82 Å². The Morgan fingerprint density at radius 1 is 1.52 bits per heavy atom. The largest absolute Gasteiger partial charge is 0.378 e. The van der Waals surface area contributed by atoms with Crippen LogP contribution in [0.15, 0.2) is 16.7 Å². The van der Waals surface area contributed by atoms with E-state index < -0.39 is 0 Å². The molecule has 2 rings (SSSR count). The first-order valence-corrected chi connectivity index (χ1v) is 8.29. The molecular formula is C15H22BrN3O2. The third kappa shape index (κ3) is 4.97. The first kappa shape index (κ1) is 16.2. The number of nitrogens with one attached hydrogen (secondary N) is 2. The average molecular weight is 356 g/mol. The molecule has 0 bridgehead atoms. The van der Waals surface area contributed by atoms with Crippen molar-refractivity contribution in [2.24, 2.45) is 0 Å². The van der Waals surface area contributed by atoms with Crippen LogP contribution in [0.2, 0.25) is 0 Å². The minimum Gasteiger partial charge on any atom is -0.378 e. The second-order valence-electron chi connectivity index (χ2n) is 5.16. The maximum atomic E-state index is 12.3. The quantitative estimate of drug-likeness (QED) is 0.789. The second-order valence-corrected chi connectivity index (χ2v) is 6.07. The van der Waals surface area contributed by atoms with Crippen molar-refractivity contribution < 1.29 is 9.53 Å². The summed E-state index contributed by atoms with van der Waals surface area (Å²) in [5.41, 5.74) is 0.574. The van der Waals surface area contributed by atoms with Crippen LogP contribution in [0.5, 0.6) is 0 Å². The summed E-state index contributed by atoms with van der Waals surface area (Å²) < 4.78 is 6.35. The van der Waals surface area contributed by atoms with E-state index in [1.165, 1.54) is 0 Å². The number of nitrogens with zero attached hydrogens (tertiary/aromatic N) is 1. The number of amides is 1. The number of carbonyl (C=O) groups is 1. The van der Waals surface area contributed by atoms with Gasteiger partial charge in [0.15, 0.2) is 0 Å². The Labute approximate surface area is 134 Å². The average Bonchev–Trinajstić information content (AvgIpc) is 2.99. The topological polar surface area (TPSA) is 63.2 Å². The van der Waals surface area contributed by atoms with Gasteiger partial charge in [0.2, 0.25) is 0 Å². The van der Waals surface area contributed by atoms with Crippen molar-refractivity contribution >= 4 is 27.7 Å². The number of carbonyl (C=O) groups excluding carboxylic acids is 1. The number of hydrogen-bond donors (Lipinski definition) is 2. The summed E-state index contributed by atoms with van der Waals surface area (Å²) in [6.45, 7) is 4.35. The third-order valence-electron chi connectivity index (χ3n) is 3.42. The van der Waals surface area contributed by atoms with Crippen LogP contribution in [-0.4, -0.2) is 36.7 Å². The molecule has 1 amide bonds. The Hall–Kier alpha value is -1.14. The lowest BCUT2D eigenvalue weighted by molar-refractivity contribution is 0.0907. The number of halogens is 1. The highest BCUT2D eigenvalue weighted by molar-refractivity contribution is 9.10. The van der Waals surface area contributed by atoms with Crippen molar-refractivity contribution in [1.82, 2.24) is 10.3 Å². The highest BCUT2D eigenvalue weighted by Gasteiger charge is 2.17. The molecule has 0 saturated carbocycles. The van der Waals surface area contributed by atoms with E-state index in [9.17, 15) is 4.79 Å². The molecule has 1 unspecified atom stereocenters. The Bertz CT molecular complexity index is 476. The molecule has 1 fully saturated rings. The van der Waals surface area contributed by atoms with Gasteiger partial charge in [0.1, 0.15) is 5.82 Å². The number of rotatable bonds is 7. The highest BCUT2D eigenvalue weighted by Crippen LogP contribution is 2.18. The highest BCUT2D eigenvalue weighted by atomic mass is 79.9. The predicted octanol–water partition coefficient (Wildman–Crippen LogP) is 2.96. The lowest BCUT2D eigenvalue weighted by Crippen LogP contribution is -2.28. The van der Waals surface area contributed by atoms with Crippen LogP contribution in [0.3, 0.4) is 0 Å². The molecule has 0 aliphatic carbocycles. The van der Waals surface area contributed by atoms with Crippen LogP contribution >= 0.6 is 15.9 Å². The summed E-state index contributed by atoms with van der Waals surface area (Å²) >= 11 is 3.36. The summed E-state index contributed by atoms with van der Waals surface area (Å²) in [6, 6.07) is 1.80. The zero-order valence-corrected chi connectivity index (χ0v) is 13.9. The fraction of sp³-hybridized carbons (Fsp3) is 0.600. The van der Waals surface area contributed by atoms with Crippen molar-refractivity contribution in [1.29, 1.82) is 0 Å². The minimum absolute atomic E-state index is 0.0969. The van der Waals surface area contributed by atoms with Gasteiger partial charge >= 0.3 is 0 Å². The molecule has 116 valence electrons. The van der Waals surface area contributed by atoms with Crippen molar-refractivity contribution in [2.45, 2.75) is 38.7 Å². The predicted molar refractivity (Wildman–Crippen MR) is 86.6 cm³/mol. The van der Waals surface area contributed by atoms with Crippen LogP contribution < -0.4 is 10.6 Å². The molecule has 1 aliphatic heterocycles. The zero-order chi connectivity index (χ0) is 15.1. The van der Waals surface area contributed by atoms with Gasteiger partial charge in [-0.1, -0.05) is 6.92 Å². The Morgan fingerprint density at radius 3 is 3.10 bits per heavy atom. The van der Waals surface area contributed by atoms with Gasteiger partial charge in [-0.3, -0.25) is 4.79 Å². The first-order valence-electron chi connectivity index (χ1n) is 7.50. The molecule has 1 saturated heterocycles. The molecule has 0 radical (unpaired) electrons. The Balaban J connectivity index is 1.91. The van der Waals surface area contributed by atoms with Gasteiger partial charge in [-0.25, -0.2) is 4.98 Å². The van der Waals surface area contributed by atoms with Crippen molar-refractivity contribution in [2.75, 3.05) is 25.0 Å². The molecule has 6 heteroatoms. The number of hydrogen-bond acceptors (Lipinski definition) is 4. The van der Waals surface area contributed by atoms with Crippen molar-refractivity contribution in [3.63, 3.8) is 0 Å². The second kappa shape index (κ2) is 8.34. The first-order chi connectivity index (χ1) is 10.2. The summed E-state index contributed by atoms with van der Waals surface area (Å²) in [6.07, 6.45) is 6.06. The van der Waals surface area contributed by atoms with Gasteiger partial charge in [0.25, 0.3) is 5.91 Å². The Kier molecular flexibility index (Phi) is 6.45. The van der Waals surface area contributed by atoms with E-state index >= 15 is 0 Å². The molecule has 1 aromatic rings. The number of anilines is 1. The SMILES string of the molecule is CCCNc1ncc(Br)cc1C(=O)NCCC1CCCO1. The minimum atomic E-state index is -0.0969. The van der Waals surface area contributed by atoms with E-state index in [0.717, 1.165) is 43.3 Å². The van der Waals surface area contributed by atoms with Crippen molar-refractivity contribution in [3.05, 3.63) is 22.3 Å². The van der Waals surface area contributed by atoms with Gasteiger partial charge in [-0.2, -0.15) is 0 Å². The van der Waals surface area contributed by atoms with Crippen LogP contribution in [0, 0.1) is 0 Å². The molecule has 21 heavy (non-hydrogen) atoms. The molecule has 0 aromatic carbocycles. The standard InChI is InChI=1S/C15H22BrN3O2/c1-2-6-17-14-13(9-11(16)10-19-14)15(20)18-7-5-12-4-3-8-21-12/h9-10,12H,2-8H2,1H3,(H,17,19)(H,18,20). The Morgan fingerprint density at radius 2 is 2.38 bits per heavy atom. The zero-order valence-electron chi connectivity index (χ0n) is 12.3. The monoisotopic (exact) mass is 355 g/mol. The number of pyridine rings is 1. The lowest BCUT2D eigenvalue weighted by Gasteiger charge is -2.13. The van der Waals surface area contributed by atoms with Crippen LogP contribution in [0.1, 0.15) is 43.0 Å². The van der Waals surface area contributed by atoms with E-state index in [4.69, 9.17) is 4.74 Å². The maximum absolute atomic E-state index is 12.3. The number of ether oxygens (including phenoxy) is 1. The van der Waals surface area contributed by atoms with E-state index in [-0.39, 0.29) is 5.91 Å². The molecule has 2 heterocycles. The summed E-state index contributed by atoms with van der Waals surface area (Å²) in [4.78, 5) is 16.6. The van der Waals surface area contributed by atoms with E-state index in [1.54, 1.807) is 12.3 Å². The van der Waals surface area contributed by atoms with Crippen molar-refractivity contribution in [3.8, 4) is 0 Å². The molecule has 1 atom stereocenters. The van der Waals surface area contributed by atoms with Crippen LogP contribution in [-0.2, 0) is 4.74 Å². The molecule has 2 N–H and O–H groups in total. The van der Waals surface area contributed by atoms with E-state index in [0.29, 0.717) is 24.0 Å². The van der Waals surface area contributed by atoms with Gasteiger partial charge in [0.05, 0.1) is 11.7 Å². The summed E-state index contributed by atoms with van der Waals surface area (Å²) in [5, 5.41) is 6.14. The summed E-state index contributed by atoms with van der Waals surface area (Å²) in [7, 11) is 0. The summed E-state index contributed by atoms with van der Waals surface area (Å²) in [5.74, 6) is 0.537. The molecule has 0 spiro atoms. The van der Waals surface area contributed by atoms with Gasteiger partial charge in [0, 0.05) is 30.4 Å². The molecule has 1 aromatic heterocycles.